The number of carbonyl (C=O) groups excluding carboxylic acids is 2. The number of rotatable bonds is 7. The zero-order chi connectivity index (χ0) is 16.9. The van der Waals surface area contributed by atoms with Gasteiger partial charge in [0.05, 0.1) is 6.26 Å². The zero-order valence-electron chi connectivity index (χ0n) is 13.8. The van der Waals surface area contributed by atoms with Crippen LogP contribution in [-0.2, 0) is 19.6 Å². The molecule has 1 saturated heterocycles. The molecule has 128 valence electrons. The highest BCUT2D eigenvalue weighted by Crippen LogP contribution is 2.17. The van der Waals surface area contributed by atoms with Gasteiger partial charge in [-0.05, 0) is 33.1 Å². The lowest BCUT2D eigenvalue weighted by Crippen LogP contribution is -2.46. The summed E-state index contributed by atoms with van der Waals surface area (Å²) >= 11 is 0. The van der Waals surface area contributed by atoms with Crippen LogP contribution in [0.5, 0.6) is 0 Å². The van der Waals surface area contributed by atoms with Crippen molar-refractivity contribution in [2.45, 2.75) is 52.1 Å². The topological polar surface area (TPSA) is 86.8 Å². The van der Waals surface area contributed by atoms with E-state index in [2.05, 4.69) is 5.32 Å². The normalized spacial score (nSPS) is 19.0. The Balaban J connectivity index is 2.41. The molecule has 1 aliphatic heterocycles. The van der Waals surface area contributed by atoms with Crippen molar-refractivity contribution in [2.75, 3.05) is 25.9 Å². The lowest BCUT2D eigenvalue weighted by Gasteiger charge is -2.25. The Morgan fingerprint density at radius 3 is 2.50 bits per heavy atom. The van der Waals surface area contributed by atoms with Crippen LogP contribution in [0.25, 0.3) is 0 Å². The van der Waals surface area contributed by atoms with Crippen molar-refractivity contribution in [2.24, 2.45) is 0 Å². The summed E-state index contributed by atoms with van der Waals surface area (Å²) in [5.41, 5.74) is 0. The van der Waals surface area contributed by atoms with Gasteiger partial charge in [0.15, 0.2) is 0 Å². The van der Waals surface area contributed by atoms with Crippen molar-refractivity contribution < 1.29 is 18.0 Å². The van der Waals surface area contributed by atoms with Crippen LogP contribution in [0.3, 0.4) is 0 Å². The van der Waals surface area contributed by atoms with Crippen molar-refractivity contribution >= 4 is 21.8 Å². The Hall–Kier alpha value is -1.15. The number of hydrogen-bond acceptors (Lipinski definition) is 4. The van der Waals surface area contributed by atoms with Crippen LogP contribution in [0.15, 0.2) is 0 Å². The second-order valence-corrected chi connectivity index (χ2v) is 7.92. The molecular weight excluding hydrogens is 306 g/mol. The van der Waals surface area contributed by atoms with Crippen molar-refractivity contribution in [3.05, 3.63) is 0 Å². The fourth-order valence-corrected chi connectivity index (χ4v) is 4.01. The lowest BCUT2D eigenvalue weighted by molar-refractivity contribution is -0.136. The van der Waals surface area contributed by atoms with E-state index in [-0.39, 0.29) is 23.9 Å². The first-order valence-electron chi connectivity index (χ1n) is 7.66. The molecule has 0 bridgehead atoms. The first-order chi connectivity index (χ1) is 10.1. The van der Waals surface area contributed by atoms with Crippen molar-refractivity contribution in [1.82, 2.24) is 14.5 Å². The number of sulfonamides is 1. The van der Waals surface area contributed by atoms with Crippen LogP contribution < -0.4 is 5.32 Å². The van der Waals surface area contributed by atoms with E-state index in [4.69, 9.17) is 0 Å². The molecule has 8 heteroatoms. The highest BCUT2D eigenvalue weighted by molar-refractivity contribution is 7.88. The van der Waals surface area contributed by atoms with E-state index < -0.39 is 10.0 Å². The van der Waals surface area contributed by atoms with Crippen molar-refractivity contribution in [3.8, 4) is 0 Å². The van der Waals surface area contributed by atoms with Crippen molar-refractivity contribution in [1.29, 1.82) is 0 Å². The van der Waals surface area contributed by atoms with E-state index in [1.54, 1.807) is 4.90 Å². The van der Waals surface area contributed by atoms with E-state index in [1.165, 1.54) is 17.5 Å². The quantitative estimate of drug-likeness (QED) is 0.673. The number of hydrogen-bond donors (Lipinski definition) is 1. The largest absolute Gasteiger partial charge is 0.354 e. The smallest absolute Gasteiger partial charge is 0.242 e. The Morgan fingerprint density at radius 1 is 1.36 bits per heavy atom. The molecule has 0 radical (unpaired) electrons. The molecule has 1 fully saturated rings. The molecule has 22 heavy (non-hydrogen) atoms. The summed E-state index contributed by atoms with van der Waals surface area (Å²) in [5.74, 6) is -0.233. The summed E-state index contributed by atoms with van der Waals surface area (Å²) in [6.07, 6.45) is 3.26. The van der Waals surface area contributed by atoms with Crippen LogP contribution in [0, 0.1) is 0 Å². The van der Waals surface area contributed by atoms with Gasteiger partial charge in [0, 0.05) is 32.6 Å². The molecule has 1 N–H and O–H groups in total. The number of carbonyl (C=O) groups is 2. The van der Waals surface area contributed by atoms with E-state index in [0.29, 0.717) is 32.5 Å². The lowest BCUT2D eigenvalue weighted by atomic mass is 10.2. The summed E-state index contributed by atoms with van der Waals surface area (Å²) in [4.78, 5) is 25.1. The van der Waals surface area contributed by atoms with Gasteiger partial charge in [-0.2, -0.15) is 4.31 Å². The van der Waals surface area contributed by atoms with Gasteiger partial charge >= 0.3 is 0 Å². The molecule has 1 rings (SSSR count). The van der Waals surface area contributed by atoms with E-state index in [9.17, 15) is 18.0 Å². The summed E-state index contributed by atoms with van der Waals surface area (Å²) in [5, 5.41) is 2.80. The van der Waals surface area contributed by atoms with Gasteiger partial charge in [0.2, 0.25) is 21.8 Å². The van der Waals surface area contributed by atoms with Gasteiger partial charge in [-0.25, -0.2) is 8.42 Å². The standard InChI is InChI=1S/C14H27N3O4S/c1-11(2)17(22(4,20)21)10-6-8-15-14(19)13-7-5-9-16(13)12(3)18/h11,13H,5-10H2,1-4H3,(H,15,19)/t13-/m0/s1. The first-order valence-corrected chi connectivity index (χ1v) is 9.51. The zero-order valence-corrected chi connectivity index (χ0v) is 14.6. The maximum atomic E-state index is 12.1. The minimum Gasteiger partial charge on any atom is -0.354 e. The Morgan fingerprint density at radius 2 is 2.00 bits per heavy atom. The molecule has 2 amide bonds. The molecule has 0 aromatic rings. The molecule has 0 aromatic heterocycles. The molecule has 0 spiro atoms. The second kappa shape index (κ2) is 7.92. The van der Waals surface area contributed by atoms with Gasteiger partial charge in [-0.3, -0.25) is 9.59 Å². The number of nitrogens with one attached hydrogen (secondary N) is 1. The third kappa shape index (κ3) is 5.24. The van der Waals surface area contributed by atoms with Crippen LogP contribution in [-0.4, -0.2) is 67.4 Å². The van der Waals surface area contributed by atoms with Gasteiger partial charge < -0.3 is 10.2 Å². The molecule has 1 atom stereocenters. The van der Waals surface area contributed by atoms with Crippen LogP contribution in [0.4, 0.5) is 0 Å². The summed E-state index contributed by atoms with van der Waals surface area (Å²) in [6.45, 7) is 6.52. The maximum Gasteiger partial charge on any atom is 0.242 e. The fourth-order valence-electron chi connectivity index (χ4n) is 2.79. The molecular formula is C14H27N3O4S. The summed E-state index contributed by atoms with van der Waals surface area (Å²) < 4.78 is 24.7. The average Bonchev–Trinajstić information content (AvgIpc) is 2.85. The van der Waals surface area contributed by atoms with Gasteiger partial charge in [0.25, 0.3) is 0 Å². The van der Waals surface area contributed by atoms with E-state index in [0.717, 1.165) is 6.42 Å². The highest BCUT2D eigenvalue weighted by atomic mass is 32.2. The van der Waals surface area contributed by atoms with E-state index in [1.807, 2.05) is 13.8 Å². The molecule has 0 aliphatic carbocycles. The predicted octanol–water partition coefficient (Wildman–Crippen LogP) is 0.174. The third-order valence-electron chi connectivity index (χ3n) is 3.82. The Bertz CT molecular complexity index is 504. The Kier molecular flexibility index (Phi) is 6.80. The minimum atomic E-state index is -3.23. The van der Waals surface area contributed by atoms with Gasteiger partial charge in [-0.1, -0.05) is 0 Å². The SMILES string of the molecule is CC(=O)N1CCC[C@H]1C(=O)NCCCN(C(C)C)S(C)(=O)=O. The Labute approximate surface area is 133 Å². The van der Waals surface area contributed by atoms with Gasteiger partial charge in [0.1, 0.15) is 6.04 Å². The summed E-state index contributed by atoms with van der Waals surface area (Å²) in [6, 6.07) is -0.484. The van der Waals surface area contributed by atoms with Gasteiger partial charge in [-0.15, -0.1) is 0 Å². The molecule has 1 aliphatic rings. The predicted molar refractivity (Wildman–Crippen MR) is 84.7 cm³/mol. The maximum absolute atomic E-state index is 12.1. The highest BCUT2D eigenvalue weighted by Gasteiger charge is 2.32. The third-order valence-corrected chi connectivity index (χ3v) is 5.27. The van der Waals surface area contributed by atoms with Crippen LogP contribution >= 0.6 is 0 Å². The molecule has 1 heterocycles. The van der Waals surface area contributed by atoms with E-state index >= 15 is 0 Å². The van der Waals surface area contributed by atoms with Crippen LogP contribution in [0.2, 0.25) is 0 Å². The second-order valence-electron chi connectivity index (χ2n) is 5.98. The summed E-state index contributed by atoms with van der Waals surface area (Å²) in [7, 11) is -3.23. The van der Waals surface area contributed by atoms with Crippen molar-refractivity contribution in [3.63, 3.8) is 0 Å². The van der Waals surface area contributed by atoms with Crippen LogP contribution in [0.1, 0.15) is 40.0 Å². The number of likely N-dealkylation sites (tertiary alicyclic amines) is 1. The molecule has 0 aromatic carbocycles. The average molecular weight is 333 g/mol. The fraction of sp³-hybridized carbons (Fsp3) is 0.857. The molecule has 7 nitrogen and oxygen atoms in total. The first kappa shape index (κ1) is 18.9. The molecule has 0 unspecified atom stereocenters. The molecule has 0 saturated carbocycles. The monoisotopic (exact) mass is 333 g/mol. The minimum absolute atomic E-state index is 0.0827. The number of amides is 2. The number of nitrogens with zero attached hydrogens (tertiary/aromatic N) is 2.